The van der Waals surface area contributed by atoms with Crippen LogP contribution in [0.3, 0.4) is 0 Å². The van der Waals surface area contributed by atoms with E-state index in [0.717, 1.165) is 24.8 Å². The summed E-state index contributed by atoms with van der Waals surface area (Å²) >= 11 is 0. The lowest BCUT2D eigenvalue weighted by molar-refractivity contribution is -0.138. The summed E-state index contributed by atoms with van der Waals surface area (Å²) in [5, 5.41) is 8.65. The number of benzene rings is 1. The van der Waals surface area contributed by atoms with Gasteiger partial charge in [0.2, 0.25) is 0 Å². The van der Waals surface area contributed by atoms with Gasteiger partial charge in [-0.2, -0.15) is 8.42 Å². The van der Waals surface area contributed by atoms with Crippen molar-refractivity contribution in [2.24, 2.45) is 29.4 Å². The number of carboxylic acid groups (broad SMARTS) is 1. The van der Waals surface area contributed by atoms with E-state index in [4.69, 9.17) is 15.0 Å². The van der Waals surface area contributed by atoms with Gasteiger partial charge in [-0.15, -0.1) is 0 Å². The molecule has 0 fully saturated rings. The molecule has 0 unspecified atom stereocenters. The topological polar surface area (TPSA) is 107 Å². The van der Waals surface area contributed by atoms with Crippen molar-refractivity contribution in [3.8, 4) is 0 Å². The van der Waals surface area contributed by atoms with Gasteiger partial charge in [0.25, 0.3) is 10.1 Å². The molecule has 1 aromatic carbocycles. The van der Waals surface area contributed by atoms with Crippen LogP contribution in [0, 0.1) is 30.6 Å². The smallest absolute Gasteiger partial charge is 0.303 e. The first-order valence-corrected chi connectivity index (χ1v) is 15.3. The Balaban J connectivity index is 0.000000757. The molecule has 0 aliphatic carbocycles. The minimum atomic E-state index is -3.63. The maximum Gasteiger partial charge on any atom is 0.303 e. The lowest BCUT2D eigenvalue weighted by atomic mass is 9.90. The first-order valence-electron chi connectivity index (χ1n) is 13.9. The summed E-state index contributed by atoms with van der Waals surface area (Å²) in [6, 6.07) is 6.80. The van der Waals surface area contributed by atoms with E-state index in [0.29, 0.717) is 24.3 Å². The van der Waals surface area contributed by atoms with Crippen molar-refractivity contribution in [3.05, 3.63) is 29.8 Å². The van der Waals surface area contributed by atoms with Crippen LogP contribution < -0.4 is 5.73 Å². The van der Waals surface area contributed by atoms with Crippen LogP contribution in [0.4, 0.5) is 0 Å². The Kier molecular flexibility index (Phi) is 18.9. The van der Waals surface area contributed by atoms with Crippen LogP contribution in [0.1, 0.15) is 104 Å². The summed E-state index contributed by atoms with van der Waals surface area (Å²) in [4.78, 5) is 10.8. The molecular weight excluding hydrogens is 474 g/mol. The molecule has 7 heteroatoms. The second kappa shape index (κ2) is 19.6. The fourth-order valence-corrected chi connectivity index (χ4v) is 5.28. The second-order valence-electron chi connectivity index (χ2n) is 10.5. The molecule has 0 bridgehead atoms. The Morgan fingerprint density at radius 1 is 0.944 bits per heavy atom. The minimum Gasteiger partial charge on any atom is -0.481 e. The van der Waals surface area contributed by atoms with Crippen LogP contribution in [-0.4, -0.2) is 32.6 Å². The molecule has 1 rings (SSSR count). The highest BCUT2D eigenvalue weighted by atomic mass is 32.2. The number of carboxylic acids is 1. The first-order chi connectivity index (χ1) is 17.0. The summed E-state index contributed by atoms with van der Waals surface area (Å²) in [6.07, 6.45) is 10.4. The normalized spacial score (nSPS) is 14.9. The van der Waals surface area contributed by atoms with Crippen molar-refractivity contribution in [1.29, 1.82) is 0 Å². The summed E-state index contributed by atoms with van der Waals surface area (Å²) in [5.74, 6) is 0.938. The zero-order valence-electron chi connectivity index (χ0n) is 23.7. The number of hydrogen-bond donors (Lipinski definition) is 2. The van der Waals surface area contributed by atoms with E-state index in [9.17, 15) is 13.2 Å². The number of nitrogens with two attached hydrogens (primary N) is 1. The molecule has 210 valence electrons. The number of hydrogen-bond acceptors (Lipinski definition) is 5. The average molecular weight is 528 g/mol. The third-order valence-electron chi connectivity index (χ3n) is 6.71. The minimum absolute atomic E-state index is 0.152. The van der Waals surface area contributed by atoms with Gasteiger partial charge in [0.05, 0.1) is 11.5 Å². The van der Waals surface area contributed by atoms with Gasteiger partial charge < -0.3 is 10.8 Å². The Labute approximate surface area is 221 Å². The molecule has 0 aliphatic rings. The Morgan fingerprint density at radius 3 is 1.86 bits per heavy atom. The standard InChI is InChI=1S/C18H30O3S.C11H23NO2/c1-5-7-8-16(4)13-17(6-2)14-21-22(19,20)18-11-9-15(3)10-12-18;1-3-4-5-9(2)6-10(8-12)7-11(13)14/h9-12,16-17H,5-8,13-14H2,1-4H3;9-10H,3-8,12H2,1-2H3,(H,13,14)/t16-,17+;9-,10-/m00/s1. The van der Waals surface area contributed by atoms with Gasteiger partial charge in [0, 0.05) is 6.42 Å². The van der Waals surface area contributed by atoms with Crippen LogP contribution >= 0.6 is 0 Å². The molecule has 0 aliphatic heterocycles. The van der Waals surface area contributed by atoms with E-state index in [1.807, 2.05) is 6.92 Å². The number of aryl methyl sites for hydroxylation is 1. The van der Waals surface area contributed by atoms with Crippen LogP contribution in [0.2, 0.25) is 0 Å². The summed E-state index contributed by atoms with van der Waals surface area (Å²) in [6.45, 7) is 13.6. The molecule has 0 aromatic heterocycles. The van der Waals surface area contributed by atoms with E-state index in [2.05, 4.69) is 34.6 Å². The largest absolute Gasteiger partial charge is 0.481 e. The highest BCUT2D eigenvalue weighted by Crippen LogP contribution is 2.23. The highest BCUT2D eigenvalue weighted by molar-refractivity contribution is 7.86. The van der Waals surface area contributed by atoms with Crippen LogP contribution in [0.25, 0.3) is 0 Å². The maximum absolute atomic E-state index is 12.2. The molecule has 6 nitrogen and oxygen atoms in total. The SMILES string of the molecule is CCCC[C@H](C)C[C@@H](CC)COS(=O)(=O)c1ccc(C)cc1.CCCC[C@H](C)C[C@H](CN)CC(=O)O. The summed E-state index contributed by atoms with van der Waals surface area (Å²) in [5.41, 5.74) is 6.57. The van der Waals surface area contributed by atoms with E-state index < -0.39 is 16.1 Å². The molecule has 0 heterocycles. The van der Waals surface area contributed by atoms with Crippen LogP contribution in [0.15, 0.2) is 29.2 Å². The average Bonchev–Trinajstić information content (AvgIpc) is 2.83. The van der Waals surface area contributed by atoms with E-state index in [1.165, 1.54) is 38.5 Å². The van der Waals surface area contributed by atoms with Gasteiger partial charge in [-0.25, -0.2) is 0 Å². The lowest BCUT2D eigenvalue weighted by Gasteiger charge is -2.19. The van der Waals surface area contributed by atoms with Gasteiger partial charge in [-0.05, 0) is 62.1 Å². The van der Waals surface area contributed by atoms with Gasteiger partial charge in [-0.3, -0.25) is 8.98 Å². The molecule has 0 amide bonds. The highest BCUT2D eigenvalue weighted by Gasteiger charge is 2.19. The number of rotatable bonds is 18. The Morgan fingerprint density at radius 2 is 1.44 bits per heavy atom. The number of unbranched alkanes of at least 4 members (excludes halogenated alkanes) is 2. The van der Waals surface area contributed by atoms with Crippen molar-refractivity contribution in [2.45, 2.75) is 111 Å². The number of carbonyl (C=O) groups is 1. The molecule has 3 N–H and O–H groups in total. The fourth-order valence-electron chi connectivity index (χ4n) is 4.30. The zero-order chi connectivity index (χ0) is 27.6. The van der Waals surface area contributed by atoms with Crippen molar-refractivity contribution >= 4 is 16.1 Å². The molecule has 36 heavy (non-hydrogen) atoms. The van der Waals surface area contributed by atoms with Gasteiger partial charge >= 0.3 is 5.97 Å². The first kappa shape index (κ1) is 34.6. The van der Waals surface area contributed by atoms with Gasteiger partial charge in [0.15, 0.2) is 0 Å². The van der Waals surface area contributed by atoms with E-state index in [1.54, 1.807) is 24.3 Å². The molecule has 0 saturated heterocycles. The zero-order valence-corrected chi connectivity index (χ0v) is 24.5. The number of aliphatic carboxylic acids is 1. The van der Waals surface area contributed by atoms with Crippen molar-refractivity contribution in [3.63, 3.8) is 0 Å². The molecule has 0 spiro atoms. The predicted molar refractivity (Wildman–Crippen MR) is 150 cm³/mol. The molecule has 0 radical (unpaired) electrons. The second-order valence-corrected chi connectivity index (χ2v) is 12.1. The molecule has 1 aromatic rings. The van der Waals surface area contributed by atoms with Gasteiger partial charge in [-0.1, -0.05) is 97.3 Å². The maximum atomic E-state index is 12.2. The molecule has 4 atom stereocenters. The van der Waals surface area contributed by atoms with Gasteiger partial charge in [0.1, 0.15) is 0 Å². The van der Waals surface area contributed by atoms with Crippen LogP contribution in [-0.2, 0) is 19.1 Å². The molecular formula is C29H53NO5S. The fraction of sp³-hybridized carbons (Fsp3) is 0.759. The van der Waals surface area contributed by atoms with E-state index in [-0.39, 0.29) is 23.8 Å². The predicted octanol–water partition coefficient (Wildman–Crippen LogP) is 7.20. The van der Waals surface area contributed by atoms with Crippen LogP contribution in [0.5, 0.6) is 0 Å². The third kappa shape index (κ3) is 16.3. The molecule has 0 saturated carbocycles. The van der Waals surface area contributed by atoms with E-state index >= 15 is 0 Å². The summed E-state index contributed by atoms with van der Waals surface area (Å²) in [7, 11) is -3.63. The van der Waals surface area contributed by atoms with Crippen molar-refractivity contribution < 1.29 is 22.5 Å². The third-order valence-corrected chi connectivity index (χ3v) is 8.01. The Bertz CT molecular complexity index is 794. The Hall–Kier alpha value is -1.44. The van der Waals surface area contributed by atoms with Crippen molar-refractivity contribution in [1.82, 2.24) is 0 Å². The monoisotopic (exact) mass is 527 g/mol. The lowest BCUT2D eigenvalue weighted by Crippen LogP contribution is -2.20. The quantitative estimate of drug-likeness (QED) is 0.196. The summed E-state index contributed by atoms with van der Waals surface area (Å²) < 4.78 is 29.7. The van der Waals surface area contributed by atoms with Crippen molar-refractivity contribution in [2.75, 3.05) is 13.2 Å².